The van der Waals surface area contributed by atoms with Crippen molar-refractivity contribution in [3.63, 3.8) is 0 Å². The number of aliphatic carboxylic acids is 1. The average Bonchev–Trinajstić information content (AvgIpc) is 2.84. The Morgan fingerprint density at radius 3 is 2.19 bits per heavy atom. The third kappa shape index (κ3) is 7.84. The van der Waals surface area contributed by atoms with Gasteiger partial charge in [0.2, 0.25) is 5.91 Å². The highest BCUT2D eigenvalue weighted by Gasteiger charge is 2.29. The third-order valence-corrected chi connectivity index (χ3v) is 5.76. The summed E-state index contributed by atoms with van der Waals surface area (Å²) in [7, 11) is 0. The Kier molecular flexibility index (Phi) is 8.70. The first kappa shape index (κ1) is 26.7. The molecule has 0 saturated carbocycles. The predicted octanol–water partition coefficient (Wildman–Crippen LogP) is 2.96. The lowest BCUT2D eigenvalue weighted by Gasteiger charge is -2.30. The van der Waals surface area contributed by atoms with E-state index in [1.807, 2.05) is 45.9 Å². The number of amidine groups is 2. The van der Waals surface area contributed by atoms with Crippen molar-refractivity contribution in [3.8, 4) is 0 Å². The van der Waals surface area contributed by atoms with E-state index in [1.54, 1.807) is 24.5 Å². The second kappa shape index (κ2) is 11.7. The number of carboxylic acid groups (broad SMARTS) is 1. The summed E-state index contributed by atoms with van der Waals surface area (Å²) in [6.07, 6.45) is 4.25. The van der Waals surface area contributed by atoms with E-state index in [0.29, 0.717) is 42.0 Å². The number of hydrogen-bond donors (Lipinski definition) is 4. The van der Waals surface area contributed by atoms with Crippen molar-refractivity contribution in [2.24, 2.45) is 21.0 Å². The number of carbonyl (C=O) groups excluding carboxylic acids is 1. The average molecular weight is 496 g/mol. The zero-order valence-corrected chi connectivity index (χ0v) is 21.0. The van der Waals surface area contributed by atoms with E-state index in [9.17, 15) is 9.59 Å². The highest BCUT2D eigenvalue weighted by Crippen LogP contribution is 2.29. The molecule has 0 aliphatic carbocycles. The van der Waals surface area contributed by atoms with Crippen LogP contribution in [0.3, 0.4) is 0 Å². The molecule has 0 radical (unpaired) electrons. The molecule has 2 aromatic rings. The number of carbonyl (C=O) groups is 2. The molecule has 4 N–H and O–H groups in total. The number of pyridine rings is 2. The summed E-state index contributed by atoms with van der Waals surface area (Å²) in [5.74, 6) is -0.0714. The normalized spacial score (nSPS) is 15.0. The van der Waals surface area contributed by atoms with Crippen LogP contribution in [0.4, 0.5) is 5.69 Å². The van der Waals surface area contributed by atoms with Gasteiger partial charge in [-0.15, -0.1) is 0 Å². The number of hydrogen-bond acceptors (Lipinski definition) is 9. The predicted molar refractivity (Wildman–Crippen MR) is 136 cm³/mol. The van der Waals surface area contributed by atoms with Gasteiger partial charge in [-0.25, -0.2) is 0 Å². The fourth-order valence-corrected chi connectivity index (χ4v) is 3.51. The van der Waals surface area contributed by atoms with Gasteiger partial charge in [0.15, 0.2) is 11.7 Å². The van der Waals surface area contributed by atoms with Gasteiger partial charge in [-0.2, -0.15) is 10.2 Å². The molecule has 1 unspecified atom stereocenters. The lowest BCUT2D eigenvalue weighted by atomic mass is 9.84. The van der Waals surface area contributed by atoms with Gasteiger partial charge >= 0.3 is 5.97 Å². The number of amides is 1. The lowest BCUT2D eigenvalue weighted by Crippen LogP contribution is -2.35. The first-order chi connectivity index (χ1) is 17.1. The Bertz CT molecular complexity index is 1120. The molecule has 0 saturated heterocycles. The van der Waals surface area contributed by atoms with Crippen LogP contribution < -0.4 is 16.2 Å². The van der Waals surface area contributed by atoms with Crippen LogP contribution in [0.15, 0.2) is 52.9 Å². The minimum absolute atomic E-state index is 0.0229. The van der Waals surface area contributed by atoms with Crippen molar-refractivity contribution in [2.45, 2.75) is 47.0 Å². The van der Waals surface area contributed by atoms with Crippen LogP contribution in [0.5, 0.6) is 0 Å². The van der Waals surface area contributed by atoms with Crippen molar-refractivity contribution in [2.75, 3.05) is 18.5 Å². The molecule has 2 aromatic heterocycles. The Morgan fingerprint density at radius 1 is 0.972 bits per heavy atom. The molecule has 3 heterocycles. The van der Waals surface area contributed by atoms with E-state index < -0.39 is 11.4 Å². The number of aromatic nitrogens is 2. The van der Waals surface area contributed by atoms with Gasteiger partial charge in [-0.1, -0.05) is 33.8 Å². The summed E-state index contributed by atoms with van der Waals surface area (Å²) in [5.41, 5.74) is 6.64. The minimum Gasteiger partial charge on any atom is -0.481 e. The Morgan fingerprint density at radius 2 is 1.67 bits per heavy atom. The number of hydrazone groups is 2. The molecular weight excluding hydrogens is 462 g/mol. The maximum absolute atomic E-state index is 12.7. The number of anilines is 1. The monoisotopic (exact) mass is 495 g/mol. The van der Waals surface area contributed by atoms with Crippen molar-refractivity contribution in [3.05, 3.63) is 54.1 Å². The number of carboxylic acids is 1. The molecule has 0 aromatic carbocycles. The minimum atomic E-state index is -0.856. The first-order valence-electron chi connectivity index (χ1n) is 11.7. The molecule has 192 valence electrons. The van der Waals surface area contributed by atoms with Crippen LogP contribution in [-0.2, 0) is 14.3 Å². The molecule has 1 atom stereocenters. The van der Waals surface area contributed by atoms with Crippen molar-refractivity contribution in [1.29, 1.82) is 0 Å². The molecule has 1 aliphatic rings. The van der Waals surface area contributed by atoms with Crippen LogP contribution in [0.2, 0.25) is 0 Å². The van der Waals surface area contributed by atoms with Crippen LogP contribution >= 0.6 is 0 Å². The Balaban J connectivity index is 1.50. The lowest BCUT2D eigenvalue weighted by molar-refractivity contribution is -0.140. The van der Waals surface area contributed by atoms with Gasteiger partial charge in [0, 0.05) is 12.6 Å². The standard InChI is InChI=1S/C25H33N7O4/c1-5-25(4,16-36-15-24(2,3)13-21(34)35)12-20(33)28-17-9-10-19(27-14-17)23-31-29-22(30-32-23)18-8-6-7-11-26-18/h6-11,14H,5,12-13,15-16H2,1-4H3,(H,28,33)(H,29,30)(H,31,32)(H,34,35). The van der Waals surface area contributed by atoms with E-state index in [-0.39, 0.29) is 24.2 Å². The van der Waals surface area contributed by atoms with Gasteiger partial charge in [-0.05, 0) is 41.5 Å². The number of nitrogens with zero attached hydrogens (tertiary/aromatic N) is 4. The molecule has 0 spiro atoms. The maximum atomic E-state index is 12.7. The third-order valence-electron chi connectivity index (χ3n) is 5.76. The summed E-state index contributed by atoms with van der Waals surface area (Å²) in [4.78, 5) is 32.3. The summed E-state index contributed by atoms with van der Waals surface area (Å²) in [6, 6.07) is 8.98. The number of rotatable bonds is 12. The van der Waals surface area contributed by atoms with Gasteiger partial charge in [-0.3, -0.25) is 30.4 Å². The van der Waals surface area contributed by atoms with Crippen molar-refractivity contribution < 1.29 is 19.4 Å². The summed E-state index contributed by atoms with van der Waals surface area (Å²) in [6.45, 7) is 8.35. The molecule has 1 aliphatic heterocycles. The van der Waals surface area contributed by atoms with Gasteiger partial charge in [0.25, 0.3) is 0 Å². The van der Waals surface area contributed by atoms with Crippen molar-refractivity contribution >= 4 is 29.2 Å². The van der Waals surface area contributed by atoms with Crippen LogP contribution in [0.1, 0.15) is 58.3 Å². The molecule has 11 nitrogen and oxygen atoms in total. The first-order valence-corrected chi connectivity index (χ1v) is 11.7. The molecule has 3 rings (SSSR count). The summed E-state index contributed by atoms with van der Waals surface area (Å²) < 4.78 is 5.83. The maximum Gasteiger partial charge on any atom is 0.303 e. The molecule has 0 bridgehead atoms. The molecular formula is C25H33N7O4. The second-order valence-electron chi connectivity index (χ2n) is 9.91. The smallest absolute Gasteiger partial charge is 0.303 e. The number of ether oxygens (including phenoxy) is 1. The number of nitrogens with one attached hydrogen (secondary N) is 3. The molecule has 0 fully saturated rings. The van der Waals surface area contributed by atoms with Crippen LogP contribution in [0, 0.1) is 10.8 Å². The summed E-state index contributed by atoms with van der Waals surface area (Å²) in [5, 5.41) is 20.4. The Labute approximate surface area is 210 Å². The van der Waals surface area contributed by atoms with E-state index in [1.165, 1.54) is 0 Å². The van der Waals surface area contributed by atoms with Crippen LogP contribution in [0.25, 0.3) is 0 Å². The molecule has 36 heavy (non-hydrogen) atoms. The highest BCUT2D eigenvalue weighted by atomic mass is 16.5. The van der Waals surface area contributed by atoms with E-state index in [2.05, 4.69) is 36.3 Å². The quantitative estimate of drug-likeness (QED) is 0.351. The van der Waals surface area contributed by atoms with E-state index in [4.69, 9.17) is 9.84 Å². The van der Waals surface area contributed by atoms with E-state index in [0.717, 1.165) is 6.42 Å². The zero-order chi connectivity index (χ0) is 26.2. The zero-order valence-electron chi connectivity index (χ0n) is 21.0. The van der Waals surface area contributed by atoms with E-state index >= 15 is 0 Å². The molecule has 1 amide bonds. The van der Waals surface area contributed by atoms with Gasteiger partial charge < -0.3 is 15.2 Å². The Hall–Kier alpha value is -3.86. The van der Waals surface area contributed by atoms with Gasteiger partial charge in [0.1, 0.15) is 11.4 Å². The largest absolute Gasteiger partial charge is 0.481 e. The second-order valence-corrected chi connectivity index (χ2v) is 9.91. The fourth-order valence-electron chi connectivity index (χ4n) is 3.51. The molecule has 11 heteroatoms. The van der Waals surface area contributed by atoms with Crippen LogP contribution in [-0.4, -0.2) is 51.8 Å². The topological polar surface area (TPSA) is 150 Å². The highest BCUT2D eigenvalue weighted by molar-refractivity contribution is 6.04. The van der Waals surface area contributed by atoms with Crippen molar-refractivity contribution in [1.82, 2.24) is 20.8 Å². The summed E-state index contributed by atoms with van der Waals surface area (Å²) >= 11 is 0. The van der Waals surface area contributed by atoms with Gasteiger partial charge in [0.05, 0.1) is 31.5 Å². The SMILES string of the molecule is CCC(C)(COCC(C)(C)CC(=O)O)CC(=O)Nc1ccc(C2=NNC(c3ccccn3)=NN2)nc1. The fraction of sp³-hybridized carbons (Fsp3) is 0.440.